The third kappa shape index (κ3) is 3.24. The largest absolute Gasteiger partial charge is 0.353 e. The lowest BCUT2D eigenvalue weighted by atomic mass is 9.87. The van der Waals surface area contributed by atoms with Crippen LogP contribution in [0.25, 0.3) is 0 Å². The summed E-state index contributed by atoms with van der Waals surface area (Å²) in [4.78, 5) is 25.1. The van der Waals surface area contributed by atoms with Crippen molar-refractivity contribution in [2.45, 2.75) is 25.4 Å². The lowest BCUT2D eigenvalue weighted by Crippen LogP contribution is -2.69. The minimum Gasteiger partial charge on any atom is -0.353 e. The average Bonchev–Trinajstić information content (AvgIpc) is 2.62. The van der Waals surface area contributed by atoms with Gasteiger partial charge in [0.15, 0.2) is 0 Å². The van der Waals surface area contributed by atoms with Gasteiger partial charge in [-0.25, -0.2) is 18.7 Å². The predicted molar refractivity (Wildman–Crippen MR) is 92.9 cm³/mol. The zero-order valence-electron chi connectivity index (χ0n) is 14.3. The number of amides is 1. The van der Waals surface area contributed by atoms with Gasteiger partial charge in [0.2, 0.25) is 5.91 Å². The van der Waals surface area contributed by atoms with E-state index in [0.717, 1.165) is 43.3 Å². The van der Waals surface area contributed by atoms with E-state index in [2.05, 4.69) is 25.1 Å². The summed E-state index contributed by atoms with van der Waals surface area (Å²) >= 11 is 0. The Morgan fingerprint density at radius 2 is 2.04 bits per heavy atom. The predicted octanol–water partition coefficient (Wildman–Crippen LogP) is 1.96. The molecular formula is C18H19F2N5O. The molecule has 3 aliphatic heterocycles. The van der Waals surface area contributed by atoms with Crippen LogP contribution in [0.2, 0.25) is 0 Å². The van der Waals surface area contributed by atoms with E-state index in [4.69, 9.17) is 0 Å². The standard InChI is InChI=1S/C18H19F2N5O/c1-11-21-5-4-17(22-11)24-8-13-7-14(9-24)25(13)10-18(26)23-16-3-2-12(19)6-15(16)20/h2-6,13-14H,7-10H2,1H3,(H,23,26). The molecule has 1 aromatic carbocycles. The molecule has 1 N–H and O–H groups in total. The van der Waals surface area contributed by atoms with Crippen LogP contribution in [0.1, 0.15) is 12.2 Å². The molecule has 26 heavy (non-hydrogen) atoms. The van der Waals surface area contributed by atoms with Crippen molar-refractivity contribution >= 4 is 17.4 Å². The maximum atomic E-state index is 13.7. The Hall–Kier alpha value is -2.61. The second-order valence-electron chi connectivity index (χ2n) is 6.76. The number of carbonyl (C=O) groups excluding carboxylic acids is 1. The highest BCUT2D eigenvalue weighted by Gasteiger charge is 2.45. The van der Waals surface area contributed by atoms with Gasteiger partial charge >= 0.3 is 0 Å². The van der Waals surface area contributed by atoms with Crippen LogP contribution in [0.15, 0.2) is 30.5 Å². The van der Waals surface area contributed by atoms with Crippen LogP contribution >= 0.6 is 0 Å². The fourth-order valence-corrected chi connectivity index (χ4v) is 3.70. The molecule has 0 radical (unpaired) electrons. The van der Waals surface area contributed by atoms with Gasteiger partial charge < -0.3 is 10.2 Å². The highest BCUT2D eigenvalue weighted by atomic mass is 19.1. The molecule has 136 valence electrons. The summed E-state index contributed by atoms with van der Waals surface area (Å²) in [6.07, 6.45) is 2.79. The number of fused-ring (bicyclic) bond motifs is 2. The number of carbonyl (C=O) groups is 1. The van der Waals surface area contributed by atoms with Gasteiger partial charge in [-0.3, -0.25) is 9.69 Å². The molecule has 3 saturated heterocycles. The van der Waals surface area contributed by atoms with Gasteiger partial charge in [-0.15, -0.1) is 0 Å². The van der Waals surface area contributed by atoms with Crippen molar-refractivity contribution in [1.29, 1.82) is 0 Å². The molecule has 6 nitrogen and oxygen atoms in total. The number of benzene rings is 1. The lowest BCUT2D eigenvalue weighted by Gasteiger charge is -2.56. The molecule has 2 aromatic rings. The van der Waals surface area contributed by atoms with Crippen LogP contribution in [0.3, 0.4) is 0 Å². The summed E-state index contributed by atoms with van der Waals surface area (Å²) in [6.45, 7) is 3.65. The molecule has 3 aliphatic rings. The Morgan fingerprint density at radius 3 is 2.73 bits per heavy atom. The maximum Gasteiger partial charge on any atom is 0.238 e. The van der Waals surface area contributed by atoms with Crippen LogP contribution in [0.5, 0.6) is 0 Å². The van der Waals surface area contributed by atoms with Gasteiger partial charge in [-0.1, -0.05) is 0 Å². The minimum absolute atomic E-state index is 0.000158. The smallest absolute Gasteiger partial charge is 0.238 e. The molecule has 1 amide bonds. The summed E-state index contributed by atoms with van der Waals surface area (Å²) in [6, 6.07) is 5.56. The van der Waals surface area contributed by atoms with Crippen molar-refractivity contribution in [2.75, 3.05) is 29.9 Å². The zero-order valence-corrected chi connectivity index (χ0v) is 14.3. The van der Waals surface area contributed by atoms with E-state index in [1.807, 2.05) is 13.0 Å². The maximum absolute atomic E-state index is 13.7. The molecule has 8 heteroatoms. The van der Waals surface area contributed by atoms with Crippen LogP contribution in [-0.4, -0.2) is 52.5 Å². The first-order chi connectivity index (χ1) is 12.5. The topological polar surface area (TPSA) is 61.4 Å². The number of aromatic nitrogens is 2. The van der Waals surface area contributed by atoms with Crippen LogP contribution in [0.4, 0.5) is 20.3 Å². The number of nitrogens with one attached hydrogen (secondary N) is 1. The molecule has 4 heterocycles. The van der Waals surface area contributed by atoms with Crippen LogP contribution in [-0.2, 0) is 4.79 Å². The zero-order chi connectivity index (χ0) is 18.3. The van der Waals surface area contributed by atoms with Gasteiger partial charge in [0.05, 0.1) is 12.2 Å². The van der Waals surface area contributed by atoms with E-state index >= 15 is 0 Å². The summed E-state index contributed by atoms with van der Waals surface area (Å²) in [7, 11) is 0. The Morgan fingerprint density at radius 1 is 1.27 bits per heavy atom. The number of piperidine rings is 1. The van der Waals surface area contributed by atoms with Crippen molar-refractivity contribution in [2.24, 2.45) is 0 Å². The Balaban J connectivity index is 1.35. The number of rotatable bonds is 4. The third-order valence-electron chi connectivity index (χ3n) is 4.96. The monoisotopic (exact) mass is 359 g/mol. The SMILES string of the molecule is Cc1nccc(N2CC3CC(C2)N3CC(=O)Nc2ccc(F)cc2F)n1. The number of piperazine rings is 1. The van der Waals surface area contributed by atoms with Crippen molar-refractivity contribution in [3.63, 3.8) is 0 Å². The van der Waals surface area contributed by atoms with E-state index in [1.165, 1.54) is 6.07 Å². The summed E-state index contributed by atoms with van der Waals surface area (Å²) in [5, 5.41) is 2.52. The fourth-order valence-electron chi connectivity index (χ4n) is 3.70. The number of aryl methyl sites for hydroxylation is 1. The van der Waals surface area contributed by atoms with Gasteiger partial charge in [0.1, 0.15) is 23.3 Å². The van der Waals surface area contributed by atoms with E-state index in [9.17, 15) is 13.6 Å². The summed E-state index contributed by atoms with van der Waals surface area (Å²) in [5.74, 6) is -0.0918. The first-order valence-electron chi connectivity index (χ1n) is 8.55. The lowest BCUT2D eigenvalue weighted by molar-refractivity contribution is -0.121. The molecule has 0 aliphatic carbocycles. The highest BCUT2D eigenvalue weighted by molar-refractivity contribution is 5.92. The Kier molecular flexibility index (Phi) is 4.28. The average molecular weight is 359 g/mol. The van der Waals surface area contributed by atoms with E-state index in [-0.39, 0.29) is 30.2 Å². The second kappa shape index (κ2) is 6.60. The van der Waals surface area contributed by atoms with Gasteiger partial charge in [-0.2, -0.15) is 0 Å². The molecule has 5 rings (SSSR count). The normalized spacial score (nSPS) is 22.0. The van der Waals surface area contributed by atoms with Crippen molar-refractivity contribution in [1.82, 2.24) is 14.9 Å². The number of hydrogen-bond acceptors (Lipinski definition) is 5. The second-order valence-corrected chi connectivity index (χ2v) is 6.76. The van der Waals surface area contributed by atoms with Crippen LogP contribution < -0.4 is 10.2 Å². The molecule has 2 bridgehead atoms. The van der Waals surface area contributed by atoms with Gasteiger partial charge in [-0.05, 0) is 31.5 Å². The van der Waals surface area contributed by atoms with Crippen molar-refractivity contribution in [3.05, 3.63) is 47.9 Å². The van der Waals surface area contributed by atoms with E-state index < -0.39 is 11.6 Å². The van der Waals surface area contributed by atoms with Gasteiger partial charge in [0.25, 0.3) is 0 Å². The molecule has 0 spiro atoms. The molecule has 3 fully saturated rings. The molecule has 2 unspecified atom stereocenters. The fraction of sp³-hybridized carbons (Fsp3) is 0.389. The Bertz CT molecular complexity index is 834. The Labute approximate surface area is 149 Å². The molecule has 1 aromatic heterocycles. The number of anilines is 2. The quantitative estimate of drug-likeness (QED) is 0.904. The van der Waals surface area contributed by atoms with Crippen molar-refractivity contribution < 1.29 is 13.6 Å². The first-order valence-corrected chi connectivity index (χ1v) is 8.55. The van der Waals surface area contributed by atoms with Crippen LogP contribution in [0, 0.1) is 18.6 Å². The number of nitrogens with zero attached hydrogens (tertiary/aromatic N) is 4. The summed E-state index contributed by atoms with van der Waals surface area (Å²) < 4.78 is 26.6. The van der Waals surface area contributed by atoms with E-state index in [1.54, 1.807) is 6.20 Å². The summed E-state index contributed by atoms with van der Waals surface area (Å²) in [5.41, 5.74) is 0.000158. The van der Waals surface area contributed by atoms with Gasteiger partial charge in [0, 0.05) is 37.4 Å². The highest BCUT2D eigenvalue weighted by Crippen LogP contribution is 2.33. The van der Waals surface area contributed by atoms with Crippen molar-refractivity contribution in [3.8, 4) is 0 Å². The molecule has 2 atom stereocenters. The number of hydrogen-bond donors (Lipinski definition) is 1. The number of halogens is 2. The molecular weight excluding hydrogens is 340 g/mol. The third-order valence-corrected chi connectivity index (χ3v) is 4.96. The molecule has 0 saturated carbocycles. The first kappa shape index (κ1) is 16.8. The minimum atomic E-state index is -0.771. The van der Waals surface area contributed by atoms with E-state index in [0.29, 0.717) is 0 Å².